The predicted octanol–water partition coefficient (Wildman–Crippen LogP) is 2.00. The first kappa shape index (κ1) is 14.7. The van der Waals surface area contributed by atoms with Crippen LogP contribution in [0.25, 0.3) is 0 Å². The first-order valence-corrected chi connectivity index (χ1v) is 7.68. The third kappa shape index (κ3) is 3.25. The Kier molecular flexibility index (Phi) is 4.54. The summed E-state index contributed by atoms with van der Waals surface area (Å²) in [5.74, 6) is 0. The highest BCUT2D eigenvalue weighted by atomic mass is 32.2. The minimum Gasteiger partial charge on any atom is -0.392 e. The lowest BCUT2D eigenvalue weighted by Gasteiger charge is -2.17. The van der Waals surface area contributed by atoms with Crippen molar-refractivity contribution >= 4 is 10.0 Å². The van der Waals surface area contributed by atoms with Crippen molar-refractivity contribution in [1.29, 1.82) is 0 Å². The maximum absolute atomic E-state index is 12.4. The topological polar surface area (TPSA) is 57.6 Å². The Morgan fingerprint density at radius 1 is 0.950 bits per heavy atom. The monoisotopic (exact) mass is 291 g/mol. The molecule has 1 N–H and O–H groups in total. The summed E-state index contributed by atoms with van der Waals surface area (Å²) >= 11 is 0. The first-order valence-electron chi connectivity index (χ1n) is 6.24. The molecule has 0 spiro atoms. The lowest BCUT2D eigenvalue weighted by molar-refractivity contribution is 0.281. The zero-order valence-corrected chi connectivity index (χ0v) is 12.0. The van der Waals surface area contributed by atoms with E-state index in [1.807, 2.05) is 30.3 Å². The number of benzene rings is 2. The molecule has 0 unspecified atom stereocenters. The van der Waals surface area contributed by atoms with E-state index in [1.54, 1.807) is 19.2 Å². The molecule has 0 saturated heterocycles. The van der Waals surface area contributed by atoms with Gasteiger partial charge in [-0.05, 0) is 23.3 Å². The molecule has 0 atom stereocenters. The standard InChI is InChI=1S/C15H17NO3S/c1-16(11-13-5-3-2-4-6-13)20(18,19)15-9-7-14(12-17)8-10-15/h2-10,17H,11-12H2,1H3. The van der Waals surface area contributed by atoms with Gasteiger partial charge in [-0.15, -0.1) is 0 Å². The summed E-state index contributed by atoms with van der Waals surface area (Å²) in [6.07, 6.45) is 0. The molecular weight excluding hydrogens is 274 g/mol. The summed E-state index contributed by atoms with van der Waals surface area (Å²) < 4.78 is 26.1. The quantitative estimate of drug-likeness (QED) is 0.916. The van der Waals surface area contributed by atoms with Crippen molar-refractivity contribution in [2.75, 3.05) is 7.05 Å². The molecule has 2 aromatic carbocycles. The van der Waals surface area contributed by atoms with Gasteiger partial charge in [0.25, 0.3) is 0 Å². The van der Waals surface area contributed by atoms with Gasteiger partial charge in [-0.3, -0.25) is 0 Å². The molecule has 0 heterocycles. The molecule has 0 aliphatic heterocycles. The van der Waals surface area contributed by atoms with E-state index in [-0.39, 0.29) is 11.5 Å². The van der Waals surface area contributed by atoms with Crippen molar-refractivity contribution in [3.8, 4) is 0 Å². The summed E-state index contributed by atoms with van der Waals surface area (Å²) in [5, 5.41) is 8.98. The lowest BCUT2D eigenvalue weighted by Crippen LogP contribution is -2.26. The molecule has 20 heavy (non-hydrogen) atoms. The maximum Gasteiger partial charge on any atom is 0.243 e. The van der Waals surface area contributed by atoms with E-state index in [1.165, 1.54) is 16.4 Å². The SMILES string of the molecule is CN(Cc1ccccc1)S(=O)(=O)c1ccc(CO)cc1. The van der Waals surface area contributed by atoms with Crippen molar-refractivity contribution in [2.45, 2.75) is 18.0 Å². The van der Waals surface area contributed by atoms with E-state index in [2.05, 4.69) is 0 Å². The Hall–Kier alpha value is -1.69. The van der Waals surface area contributed by atoms with Crippen molar-refractivity contribution in [3.63, 3.8) is 0 Å². The first-order chi connectivity index (χ1) is 9.54. The number of aliphatic hydroxyl groups excluding tert-OH is 1. The number of hydrogen-bond acceptors (Lipinski definition) is 3. The normalized spacial score (nSPS) is 11.8. The fourth-order valence-corrected chi connectivity index (χ4v) is 3.03. The van der Waals surface area contributed by atoms with Crippen LogP contribution in [-0.2, 0) is 23.2 Å². The molecule has 0 aromatic heterocycles. The van der Waals surface area contributed by atoms with Crippen molar-refractivity contribution in [3.05, 3.63) is 65.7 Å². The largest absolute Gasteiger partial charge is 0.392 e. The molecule has 0 amide bonds. The molecule has 0 radical (unpaired) electrons. The second kappa shape index (κ2) is 6.17. The Balaban J connectivity index is 2.20. The van der Waals surface area contributed by atoms with Gasteiger partial charge in [-0.2, -0.15) is 4.31 Å². The molecular formula is C15H17NO3S. The lowest BCUT2D eigenvalue weighted by atomic mass is 10.2. The summed E-state index contributed by atoms with van der Waals surface area (Å²) in [5.41, 5.74) is 1.63. The molecule has 0 fully saturated rings. The van der Waals surface area contributed by atoms with Crippen LogP contribution in [0.5, 0.6) is 0 Å². The summed E-state index contributed by atoms with van der Waals surface area (Å²) in [7, 11) is -1.95. The third-order valence-electron chi connectivity index (χ3n) is 3.06. The van der Waals surface area contributed by atoms with Crippen LogP contribution in [0.1, 0.15) is 11.1 Å². The van der Waals surface area contributed by atoms with Crippen molar-refractivity contribution in [1.82, 2.24) is 4.31 Å². The molecule has 0 saturated carbocycles. The van der Waals surface area contributed by atoms with Crippen LogP contribution in [0.3, 0.4) is 0 Å². The molecule has 2 aromatic rings. The fraction of sp³-hybridized carbons (Fsp3) is 0.200. The summed E-state index contributed by atoms with van der Waals surface area (Å²) in [6, 6.07) is 15.7. The molecule has 4 nitrogen and oxygen atoms in total. The van der Waals surface area contributed by atoms with Gasteiger partial charge in [-0.1, -0.05) is 42.5 Å². The molecule has 0 bridgehead atoms. The van der Waals surface area contributed by atoms with Gasteiger partial charge in [0.1, 0.15) is 0 Å². The van der Waals surface area contributed by atoms with Crippen LogP contribution >= 0.6 is 0 Å². The zero-order valence-electron chi connectivity index (χ0n) is 11.2. The van der Waals surface area contributed by atoms with Crippen LogP contribution in [0.2, 0.25) is 0 Å². The van der Waals surface area contributed by atoms with Crippen molar-refractivity contribution in [2.24, 2.45) is 0 Å². The zero-order chi connectivity index (χ0) is 14.6. The van der Waals surface area contributed by atoms with E-state index in [0.717, 1.165) is 5.56 Å². The van der Waals surface area contributed by atoms with Gasteiger partial charge in [0.15, 0.2) is 0 Å². The highest BCUT2D eigenvalue weighted by Gasteiger charge is 2.20. The summed E-state index contributed by atoms with van der Waals surface area (Å²) in [6.45, 7) is 0.227. The van der Waals surface area contributed by atoms with Gasteiger partial charge in [-0.25, -0.2) is 8.42 Å². The minimum absolute atomic E-state index is 0.0970. The second-order valence-corrected chi connectivity index (χ2v) is 6.59. The van der Waals surface area contributed by atoms with Crippen LogP contribution in [0.15, 0.2) is 59.5 Å². The minimum atomic E-state index is -3.51. The van der Waals surface area contributed by atoms with E-state index >= 15 is 0 Å². The number of nitrogens with zero attached hydrogens (tertiary/aromatic N) is 1. The Morgan fingerprint density at radius 3 is 2.10 bits per heavy atom. The summed E-state index contributed by atoms with van der Waals surface area (Å²) in [4.78, 5) is 0.230. The average molecular weight is 291 g/mol. The predicted molar refractivity (Wildman–Crippen MR) is 77.5 cm³/mol. The van der Waals surface area contributed by atoms with E-state index in [0.29, 0.717) is 12.1 Å². The number of sulfonamides is 1. The average Bonchev–Trinajstić information content (AvgIpc) is 2.48. The van der Waals surface area contributed by atoms with Crippen LogP contribution in [0, 0.1) is 0 Å². The van der Waals surface area contributed by atoms with Gasteiger partial charge in [0.05, 0.1) is 11.5 Å². The van der Waals surface area contributed by atoms with Gasteiger partial charge in [0, 0.05) is 13.6 Å². The van der Waals surface area contributed by atoms with E-state index in [9.17, 15) is 8.42 Å². The van der Waals surface area contributed by atoms with E-state index < -0.39 is 10.0 Å². The smallest absolute Gasteiger partial charge is 0.243 e. The molecule has 106 valence electrons. The van der Waals surface area contributed by atoms with Crippen LogP contribution < -0.4 is 0 Å². The van der Waals surface area contributed by atoms with Crippen LogP contribution in [-0.4, -0.2) is 24.9 Å². The molecule has 5 heteroatoms. The highest BCUT2D eigenvalue weighted by Crippen LogP contribution is 2.17. The molecule has 0 aliphatic carbocycles. The fourth-order valence-electron chi connectivity index (χ4n) is 1.87. The molecule has 0 aliphatic rings. The van der Waals surface area contributed by atoms with E-state index in [4.69, 9.17) is 5.11 Å². The Morgan fingerprint density at radius 2 is 1.55 bits per heavy atom. The van der Waals surface area contributed by atoms with Gasteiger partial charge in [0.2, 0.25) is 10.0 Å². The number of hydrogen-bond donors (Lipinski definition) is 1. The second-order valence-electron chi connectivity index (χ2n) is 4.55. The maximum atomic E-state index is 12.4. The van der Waals surface area contributed by atoms with Gasteiger partial charge < -0.3 is 5.11 Å². The molecule has 2 rings (SSSR count). The number of rotatable bonds is 5. The highest BCUT2D eigenvalue weighted by molar-refractivity contribution is 7.89. The Labute approximate surface area is 119 Å². The van der Waals surface area contributed by atoms with Crippen LogP contribution in [0.4, 0.5) is 0 Å². The third-order valence-corrected chi connectivity index (χ3v) is 4.88. The Bertz CT molecular complexity index is 651. The van der Waals surface area contributed by atoms with Crippen molar-refractivity contribution < 1.29 is 13.5 Å². The van der Waals surface area contributed by atoms with Gasteiger partial charge >= 0.3 is 0 Å². The number of aliphatic hydroxyl groups is 1.